The Morgan fingerprint density at radius 1 is 1.17 bits per heavy atom. The van der Waals surface area contributed by atoms with Crippen LogP contribution in [-0.4, -0.2) is 55.2 Å². The molecule has 2 atom stereocenters. The van der Waals surface area contributed by atoms with Crippen LogP contribution in [0.5, 0.6) is 0 Å². The number of nitrogens with one attached hydrogen (secondary N) is 1. The Kier molecular flexibility index (Phi) is 6.47. The van der Waals surface area contributed by atoms with Gasteiger partial charge in [-0.05, 0) is 49.1 Å². The first kappa shape index (κ1) is 20.6. The molecule has 1 N–H and O–H groups in total. The number of nitrogens with zero attached hydrogens (tertiary/aromatic N) is 4. The summed E-state index contributed by atoms with van der Waals surface area (Å²) in [6, 6.07) is 10.8. The second kappa shape index (κ2) is 9.43. The number of hydrogen-bond acceptors (Lipinski definition) is 4. The maximum Gasteiger partial charge on any atom is 0.194 e. The van der Waals surface area contributed by atoms with E-state index in [1.54, 1.807) is 19.2 Å². The SMILES string of the molecule is CN=C(NCc1ccc(N2CCCC2)nc1)N1CC(C)OC(c2ccc(F)cc2)C1. The zero-order chi connectivity index (χ0) is 20.9. The van der Waals surface area contributed by atoms with E-state index >= 15 is 0 Å². The molecule has 1 aromatic heterocycles. The van der Waals surface area contributed by atoms with Crippen LogP contribution in [0.1, 0.15) is 37.0 Å². The third-order valence-electron chi connectivity index (χ3n) is 5.70. The van der Waals surface area contributed by atoms with Crippen LogP contribution in [0.4, 0.5) is 10.2 Å². The molecular weight excluding hydrogens is 381 g/mol. The van der Waals surface area contributed by atoms with Crippen molar-refractivity contribution in [2.45, 2.75) is 38.5 Å². The minimum absolute atomic E-state index is 0.0498. The van der Waals surface area contributed by atoms with Crippen molar-refractivity contribution < 1.29 is 9.13 Å². The van der Waals surface area contributed by atoms with Gasteiger partial charge in [-0.1, -0.05) is 18.2 Å². The second-order valence-electron chi connectivity index (χ2n) is 8.01. The van der Waals surface area contributed by atoms with Crippen LogP contribution < -0.4 is 10.2 Å². The van der Waals surface area contributed by atoms with Crippen molar-refractivity contribution >= 4 is 11.8 Å². The number of guanidine groups is 1. The summed E-state index contributed by atoms with van der Waals surface area (Å²) in [5, 5.41) is 3.45. The molecule has 1 aromatic carbocycles. The van der Waals surface area contributed by atoms with Crippen LogP contribution in [0.3, 0.4) is 0 Å². The maximum atomic E-state index is 13.3. The summed E-state index contributed by atoms with van der Waals surface area (Å²) < 4.78 is 19.4. The van der Waals surface area contributed by atoms with Gasteiger partial charge in [0.25, 0.3) is 0 Å². The minimum Gasteiger partial charge on any atom is -0.367 e. The first-order valence-corrected chi connectivity index (χ1v) is 10.7. The van der Waals surface area contributed by atoms with Gasteiger partial charge in [0, 0.05) is 39.4 Å². The molecule has 0 spiro atoms. The average molecular weight is 412 g/mol. The van der Waals surface area contributed by atoms with Crippen LogP contribution in [0.2, 0.25) is 0 Å². The first-order valence-electron chi connectivity index (χ1n) is 10.7. The van der Waals surface area contributed by atoms with Gasteiger partial charge >= 0.3 is 0 Å². The summed E-state index contributed by atoms with van der Waals surface area (Å²) in [5.41, 5.74) is 2.10. The summed E-state index contributed by atoms with van der Waals surface area (Å²) >= 11 is 0. The number of pyridine rings is 1. The molecule has 2 aliphatic heterocycles. The van der Waals surface area contributed by atoms with E-state index in [1.165, 1.54) is 25.0 Å². The number of ether oxygens (including phenoxy) is 1. The highest BCUT2D eigenvalue weighted by atomic mass is 19.1. The van der Waals surface area contributed by atoms with E-state index in [4.69, 9.17) is 4.74 Å². The summed E-state index contributed by atoms with van der Waals surface area (Å²) in [4.78, 5) is 13.6. The molecule has 2 aromatic rings. The molecule has 3 heterocycles. The molecule has 4 rings (SSSR count). The van der Waals surface area contributed by atoms with Gasteiger partial charge in [0.2, 0.25) is 0 Å². The second-order valence-corrected chi connectivity index (χ2v) is 8.01. The van der Waals surface area contributed by atoms with E-state index in [1.807, 2.05) is 6.20 Å². The molecule has 0 radical (unpaired) electrons. The molecule has 2 unspecified atom stereocenters. The third kappa shape index (κ3) is 4.90. The minimum atomic E-state index is -0.235. The zero-order valence-corrected chi connectivity index (χ0v) is 17.7. The van der Waals surface area contributed by atoms with E-state index in [-0.39, 0.29) is 18.0 Å². The molecule has 0 bridgehead atoms. The van der Waals surface area contributed by atoms with Gasteiger partial charge < -0.3 is 19.9 Å². The number of hydrogen-bond donors (Lipinski definition) is 1. The Morgan fingerprint density at radius 2 is 1.93 bits per heavy atom. The standard InChI is InChI=1S/C23H30FN5O/c1-17-15-29(16-21(30-17)19-6-8-20(24)9-7-19)23(25-2)27-14-18-5-10-22(26-13-18)28-11-3-4-12-28/h5-10,13,17,21H,3-4,11-12,14-16H2,1-2H3,(H,25,27). The lowest BCUT2D eigenvalue weighted by atomic mass is 10.1. The van der Waals surface area contributed by atoms with Crippen LogP contribution in [0.25, 0.3) is 0 Å². The quantitative estimate of drug-likeness (QED) is 0.618. The largest absolute Gasteiger partial charge is 0.367 e. The van der Waals surface area contributed by atoms with Gasteiger partial charge in [-0.3, -0.25) is 4.99 Å². The lowest BCUT2D eigenvalue weighted by molar-refractivity contribution is -0.0605. The Morgan fingerprint density at radius 3 is 2.60 bits per heavy atom. The molecule has 2 aliphatic rings. The van der Waals surface area contributed by atoms with Crippen LogP contribution in [0.15, 0.2) is 47.6 Å². The van der Waals surface area contributed by atoms with E-state index in [2.05, 4.69) is 44.1 Å². The molecule has 2 saturated heterocycles. The molecule has 30 heavy (non-hydrogen) atoms. The predicted molar refractivity (Wildman–Crippen MR) is 117 cm³/mol. The van der Waals surface area contributed by atoms with Crippen molar-refractivity contribution in [1.29, 1.82) is 0 Å². The highest BCUT2D eigenvalue weighted by Crippen LogP contribution is 2.25. The van der Waals surface area contributed by atoms with Crippen molar-refractivity contribution in [2.24, 2.45) is 4.99 Å². The van der Waals surface area contributed by atoms with Crippen molar-refractivity contribution in [1.82, 2.24) is 15.2 Å². The lowest BCUT2D eigenvalue weighted by Gasteiger charge is -2.38. The smallest absolute Gasteiger partial charge is 0.194 e. The molecule has 0 saturated carbocycles. The summed E-state index contributed by atoms with van der Waals surface area (Å²) in [5.74, 6) is 1.66. The molecule has 6 nitrogen and oxygen atoms in total. The lowest BCUT2D eigenvalue weighted by Crippen LogP contribution is -2.50. The van der Waals surface area contributed by atoms with Crippen LogP contribution in [0, 0.1) is 5.82 Å². The Labute approximate surface area is 177 Å². The number of benzene rings is 1. The number of halogens is 1. The fraction of sp³-hybridized carbons (Fsp3) is 0.478. The number of aromatic nitrogens is 1. The first-order chi connectivity index (χ1) is 14.6. The van der Waals surface area contributed by atoms with Crippen molar-refractivity contribution in [3.8, 4) is 0 Å². The molecule has 0 aliphatic carbocycles. The molecule has 7 heteroatoms. The van der Waals surface area contributed by atoms with E-state index in [0.717, 1.165) is 42.5 Å². The van der Waals surface area contributed by atoms with Gasteiger partial charge in [0.15, 0.2) is 5.96 Å². The molecular formula is C23H30FN5O. The fourth-order valence-corrected chi connectivity index (χ4v) is 4.15. The summed E-state index contributed by atoms with van der Waals surface area (Å²) in [7, 11) is 1.80. The van der Waals surface area contributed by atoms with Gasteiger partial charge in [0.1, 0.15) is 17.7 Å². The van der Waals surface area contributed by atoms with Crippen molar-refractivity contribution in [3.63, 3.8) is 0 Å². The number of morpholine rings is 1. The van der Waals surface area contributed by atoms with Crippen molar-refractivity contribution in [3.05, 3.63) is 59.5 Å². The van der Waals surface area contributed by atoms with Gasteiger partial charge in [0.05, 0.1) is 12.6 Å². The number of aliphatic imine (C=N–C) groups is 1. The van der Waals surface area contributed by atoms with Crippen LogP contribution >= 0.6 is 0 Å². The van der Waals surface area contributed by atoms with Gasteiger partial charge in [-0.15, -0.1) is 0 Å². The normalized spacial score (nSPS) is 22.4. The van der Waals surface area contributed by atoms with E-state index in [9.17, 15) is 4.39 Å². The monoisotopic (exact) mass is 411 g/mol. The maximum absolute atomic E-state index is 13.3. The van der Waals surface area contributed by atoms with Crippen molar-refractivity contribution in [2.75, 3.05) is 38.1 Å². The van der Waals surface area contributed by atoms with E-state index < -0.39 is 0 Å². The zero-order valence-electron chi connectivity index (χ0n) is 17.7. The predicted octanol–water partition coefficient (Wildman–Crippen LogP) is 3.36. The van der Waals surface area contributed by atoms with Gasteiger partial charge in [-0.25, -0.2) is 9.37 Å². The molecule has 160 valence electrons. The Hall–Kier alpha value is -2.67. The van der Waals surface area contributed by atoms with E-state index in [0.29, 0.717) is 13.1 Å². The Balaban J connectivity index is 1.37. The molecule has 2 fully saturated rings. The van der Waals surface area contributed by atoms with Gasteiger partial charge in [-0.2, -0.15) is 0 Å². The Bertz CT molecular complexity index is 849. The highest BCUT2D eigenvalue weighted by molar-refractivity contribution is 5.80. The summed E-state index contributed by atoms with van der Waals surface area (Å²) in [6.07, 6.45) is 4.37. The third-order valence-corrected chi connectivity index (χ3v) is 5.70. The summed E-state index contributed by atoms with van der Waals surface area (Å²) in [6.45, 7) is 6.33. The average Bonchev–Trinajstić information content (AvgIpc) is 3.30. The number of anilines is 1. The fourth-order valence-electron chi connectivity index (χ4n) is 4.15. The topological polar surface area (TPSA) is 53.0 Å². The van der Waals surface area contributed by atoms with Crippen LogP contribution in [-0.2, 0) is 11.3 Å². The highest BCUT2D eigenvalue weighted by Gasteiger charge is 2.28. The number of rotatable bonds is 4. The molecule has 0 amide bonds.